The maximum atomic E-state index is 5.74. The minimum atomic E-state index is 0.638. The Morgan fingerprint density at radius 3 is 2.46 bits per heavy atom. The number of aryl methyl sites for hydroxylation is 1. The zero-order chi connectivity index (χ0) is 18.5. The molecule has 26 heavy (non-hydrogen) atoms. The summed E-state index contributed by atoms with van der Waals surface area (Å²) in [5.74, 6) is 0.916. The lowest BCUT2D eigenvalue weighted by molar-refractivity contribution is 0.362. The Kier molecular flexibility index (Phi) is 10.1. The zero-order valence-electron chi connectivity index (χ0n) is 16.4. The highest BCUT2D eigenvalue weighted by atomic mass is 32.1. The molecule has 0 spiro atoms. The van der Waals surface area contributed by atoms with Crippen LogP contribution in [-0.2, 0) is 6.42 Å². The normalized spacial score (nSPS) is 11.3. The molecule has 0 unspecified atom stereocenters. The van der Waals surface area contributed by atoms with Gasteiger partial charge in [0.15, 0.2) is 0 Å². The lowest BCUT2D eigenvalue weighted by Gasteiger charge is -2.03. The Hall–Kier alpha value is -1.61. The van der Waals surface area contributed by atoms with Crippen molar-refractivity contribution >= 4 is 11.3 Å². The van der Waals surface area contributed by atoms with Crippen molar-refractivity contribution in [2.24, 2.45) is 0 Å². The molecule has 0 N–H and O–H groups in total. The molecule has 0 radical (unpaired) electrons. The standard InChI is InChI=1S/C23H33NOS/c1-3-5-7-9-10-11-13-22-19-24-23(26-22)20-14-16-21(17-15-20)25-18-12-8-6-4-2/h8,12,14-17,19H,3-7,9-11,13,18H2,1-2H3/b12-8+. The van der Waals surface area contributed by atoms with Gasteiger partial charge in [0.05, 0.1) is 0 Å². The summed E-state index contributed by atoms with van der Waals surface area (Å²) in [6, 6.07) is 8.30. The molecule has 0 saturated carbocycles. The monoisotopic (exact) mass is 371 g/mol. The lowest BCUT2D eigenvalue weighted by atomic mass is 10.1. The van der Waals surface area contributed by atoms with Gasteiger partial charge in [0, 0.05) is 16.6 Å². The molecule has 142 valence electrons. The van der Waals surface area contributed by atoms with E-state index in [1.54, 1.807) is 0 Å². The molecule has 3 heteroatoms. The number of hydrogen-bond acceptors (Lipinski definition) is 3. The minimum absolute atomic E-state index is 0.638. The largest absolute Gasteiger partial charge is 0.490 e. The van der Waals surface area contributed by atoms with Crippen molar-refractivity contribution in [3.8, 4) is 16.3 Å². The van der Waals surface area contributed by atoms with Crippen LogP contribution in [0.4, 0.5) is 0 Å². The fourth-order valence-corrected chi connectivity index (χ4v) is 3.79. The van der Waals surface area contributed by atoms with E-state index >= 15 is 0 Å². The number of allylic oxidation sites excluding steroid dienone is 1. The van der Waals surface area contributed by atoms with Crippen LogP contribution < -0.4 is 4.74 Å². The van der Waals surface area contributed by atoms with E-state index in [4.69, 9.17) is 4.74 Å². The molecule has 0 fully saturated rings. The predicted molar refractivity (Wildman–Crippen MR) is 114 cm³/mol. The van der Waals surface area contributed by atoms with Crippen LogP contribution in [0.1, 0.15) is 70.1 Å². The first-order valence-electron chi connectivity index (χ1n) is 10.2. The minimum Gasteiger partial charge on any atom is -0.490 e. The smallest absolute Gasteiger partial charge is 0.123 e. The Labute approximate surface area is 163 Å². The highest BCUT2D eigenvalue weighted by Crippen LogP contribution is 2.27. The van der Waals surface area contributed by atoms with Crippen LogP contribution in [0.25, 0.3) is 10.6 Å². The second-order valence-electron chi connectivity index (χ2n) is 6.74. The molecule has 2 rings (SSSR count). The molecule has 0 bridgehead atoms. The maximum Gasteiger partial charge on any atom is 0.123 e. The fourth-order valence-electron chi connectivity index (χ4n) is 2.83. The van der Waals surface area contributed by atoms with Crippen LogP contribution >= 0.6 is 11.3 Å². The maximum absolute atomic E-state index is 5.74. The van der Waals surface area contributed by atoms with Gasteiger partial charge >= 0.3 is 0 Å². The number of unbranched alkanes of at least 4 members (excludes halogenated alkanes) is 6. The van der Waals surface area contributed by atoms with Crippen molar-refractivity contribution in [1.82, 2.24) is 4.98 Å². The average molecular weight is 372 g/mol. The molecule has 1 aromatic carbocycles. The van der Waals surface area contributed by atoms with Crippen molar-refractivity contribution in [2.45, 2.75) is 71.6 Å². The first kappa shape index (κ1) is 20.7. The molecule has 0 aliphatic heterocycles. The topological polar surface area (TPSA) is 22.1 Å². The van der Waals surface area contributed by atoms with Crippen LogP contribution in [0.2, 0.25) is 0 Å². The summed E-state index contributed by atoms with van der Waals surface area (Å²) in [6.45, 7) is 5.09. The molecule has 0 aliphatic carbocycles. The first-order chi connectivity index (χ1) is 12.8. The molecule has 0 aliphatic rings. The number of aromatic nitrogens is 1. The average Bonchev–Trinajstić information content (AvgIpc) is 3.14. The summed E-state index contributed by atoms with van der Waals surface area (Å²) in [5, 5.41) is 1.11. The molecule has 1 aromatic heterocycles. The van der Waals surface area contributed by atoms with Crippen molar-refractivity contribution in [3.05, 3.63) is 47.5 Å². The second kappa shape index (κ2) is 12.7. The molecule has 2 aromatic rings. The van der Waals surface area contributed by atoms with Crippen LogP contribution in [0.15, 0.2) is 42.6 Å². The van der Waals surface area contributed by atoms with Gasteiger partial charge in [0.2, 0.25) is 0 Å². The quantitative estimate of drug-likeness (QED) is 0.269. The highest BCUT2D eigenvalue weighted by molar-refractivity contribution is 7.15. The third-order valence-electron chi connectivity index (χ3n) is 4.40. The van der Waals surface area contributed by atoms with Gasteiger partial charge in [-0.2, -0.15) is 0 Å². The molecule has 1 heterocycles. The number of hydrogen-bond donors (Lipinski definition) is 0. The first-order valence-corrected chi connectivity index (χ1v) is 11.0. The van der Waals surface area contributed by atoms with E-state index in [-0.39, 0.29) is 0 Å². The number of thiazole rings is 1. The Morgan fingerprint density at radius 2 is 1.69 bits per heavy atom. The highest BCUT2D eigenvalue weighted by Gasteiger charge is 2.05. The molecular weight excluding hydrogens is 338 g/mol. The number of rotatable bonds is 13. The summed E-state index contributed by atoms with van der Waals surface area (Å²) >= 11 is 1.82. The Morgan fingerprint density at radius 1 is 0.923 bits per heavy atom. The van der Waals surface area contributed by atoms with E-state index in [9.17, 15) is 0 Å². The number of ether oxygens (including phenoxy) is 1. The summed E-state index contributed by atoms with van der Waals surface area (Å²) in [4.78, 5) is 6.01. The van der Waals surface area contributed by atoms with Crippen molar-refractivity contribution in [2.75, 3.05) is 6.61 Å². The van der Waals surface area contributed by atoms with Crippen LogP contribution in [0, 0.1) is 0 Å². The predicted octanol–water partition coefficient (Wildman–Crippen LogP) is 7.45. The zero-order valence-corrected chi connectivity index (χ0v) is 17.2. The number of benzene rings is 1. The van der Waals surface area contributed by atoms with Crippen LogP contribution in [0.5, 0.6) is 5.75 Å². The lowest BCUT2D eigenvalue weighted by Crippen LogP contribution is -1.92. The summed E-state index contributed by atoms with van der Waals surface area (Å²) in [6.07, 6.45) is 17.8. The second-order valence-corrected chi connectivity index (χ2v) is 7.86. The van der Waals surface area contributed by atoms with Gasteiger partial charge in [-0.05, 0) is 43.5 Å². The van der Waals surface area contributed by atoms with Gasteiger partial charge in [0.1, 0.15) is 17.4 Å². The molecule has 2 nitrogen and oxygen atoms in total. The molecular formula is C23H33NOS. The summed E-state index contributed by atoms with van der Waals surface area (Å²) < 4.78 is 5.74. The summed E-state index contributed by atoms with van der Waals surface area (Å²) in [7, 11) is 0. The van der Waals surface area contributed by atoms with Crippen LogP contribution in [-0.4, -0.2) is 11.6 Å². The van der Waals surface area contributed by atoms with Crippen molar-refractivity contribution in [3.63, 3.8) is 0 Å². The van der Waals surface area contributed by atoms with E-state index in [1.807, 2.05) is 23.5 Å². The van der Waals surface area contributed by atoms with Gasteiger partial charge in [-0.15, -0.1) is 11.3 Å². The van der Waals surface area contributed by atoms with Gasteiger partial charge in [-0.3, -0.25) is 0 Å². The Bertz CT molecular complexity index is 630. The molecule has 0 atom stereocenters. The van der Waals surface area contributed by atoms with Gasteiger partial charge in [0.25, 0.3) is 0 Å². The van der Waals surface area contributed by atoms with Crippen LogP contribution in [0.3, 0.4) is 0 Å². The summed E-state index contributed by atoms with van der Waals surface area (Å²) in [5.41, 5.74) is 1.18. The van der Waals surface area contributed by atoms with E-state index in [0.29, 0.717) is 6.61 Å². The number of nitrogens with zero attached hydrogens (tertiary/aromatic N) is 1. The fraction of sp³-hybridized carbons (Fsp3) is 0.522. The third kappa shape index (κ3) is 7.74. The van der Waals surface area contributed by atoms with Crippen molar-refractivity contribution < 1.29 is 4.74 Å². The molecule has 0 saturated heterocycles. The van der Waals surface area contributed by atoms with E-state index in [1.165, 1.54) is 55.4 Å². The van der Waals surface area contributed by atoms with E-state index < -0.39 is 0 Å². The Balaban J connectivity index is 1.75. The van der Waals surface area contributed by atoms with Crippen molar-refractivity contribution in [1.29, 1.82) is 0 Å². The van der Waals surface area contributed by atoms with E-state index in [2.05, 4.69) is 49.3 Å². The third-order valence-corrected chi connectivity index (χ3v) is 5.51. The van der Waals surface area contributed by atoms with Gasteiger partial charge < -0.3 is 4.74 Å². The molecule has 0 amide bonds. The van der Waals surface area contributed by atoms with E-state index in [0.717, 1.165) is 23.6 Å². The SMILES string of the molecule is CCC/C=C/COc1ccc(-c2ncc(CCCCCCCC)s2)cc1. The van der Waals surface area contributed by atoms with Gasteiger partial charge in [-0.25, -0.2) is 4.98 Å². The van der Waals surface area contributed by atoms with Gasteiger partial charge in [-0.1, -0.05) is 64.5 Å².